The van der Waals surface area contributed by atoms with E-state index in [0.29, 0.717) is 12.5 Å². The number of carboxylic acids is 1. The second kappa shape index (κ2) is 8.22. The molecule has 6 nitrogen and oxygen atoms in total. The van der Waals surface area contributed by atoms with Crippen molar-refractivity contribution in [2.24, 2.45) is 11.3 Å². The highest BCUT2D eigenvalue weighted by Crippen LogP contribution is 2.42. The number of methoxy groups -OCH3 is 1. The van der Waals surface area contributed by atoms with E-state index < -0.39 is 12.1 Å². The summed E-state index contributed by atoms with van der Waals surface area (Å²) in [4.78, 5) is 22.6. The van der Waals surface area contributed by atoms with Crippen LogP contribution in [-0.2, 0) is 9.53 Å². The topological polar surface area (TPSA) is 87.7 Å². The van der Waals surface area contributed by atoms with Gasteiger partial charge in [-0.15, -0.1) is 0 Å². The molecule has 0 aromatic heterocycles. The minimum Gasteiger partial charge on any atom is -0.479 e. The van der Waals surface area contributed by atoms with Gasteiger partial charge in [0, 0.05) is 13.7 Å². The van der Waals surface area contributed by atoms with E-state index in [4.69, 9.17) is 9.84 Å². The fraction of sp³-hybridized carbons (Fsp3) is 0.867. The SMILES string of the molecule is COC(CNC(=O)NCC1(CC(C)C)CCCC1)C(=O)O. The number of urea groups is 1. The lowest BCUT2D eigenvalue weighted by atomic mass is 9.78. The smallest absolute Gasteiger partial charge is 0.334 e. The van der Waals surface area contributed by atoms with Crippen LogP contribution >= 0.6 is 0 Å². The lowest BCUT2D eigenvalue weighted by molar-refractivity contribution is -0.147. The van der Waals surface area contributed by atoms with Crippen molar-refractivity contribution in [1.29, 1.82) is 0 Å². The fourth-order valence-electron chi connectivity index (χ4n) is 3.23. The quantitative estimate of drug-likeness (QED) is 0.639. The largest absolute Gasteiger partial charge is 0.479 e. The Bertz CT molecular complexity index is 352. The molecule has 1 aliphatic carbocycles. The number of nitrogens with one attached hydrogen (secondary N) is 2. The average molecular weight is 300 g/mol. The van der Waals surface area contributed by atoms with Crippen LogP contribution in [0.25, 0.3) is 0 Å². The van der Waals surface area contributed by atoms with Gasteiger partial charge in [0.1, 0.15) is 0 Å². The van der Waals surface area contributed by atoms with Crippen molar-refractivity contribution in [2.45, 2.75) is 52.1 Å². The Balaban J connectivity index is 2.38. The molecule has 0 aromatic rings. The minimum absolute atomic E-state index is 0.0329. The first-order valence-electron chi connectivity index (χ1n) is 7.66. The summed E-state index contributed by atoms with van der Waals surface area (Å²) in [6.07, 6.45) is 4.86. The van der Waals surface area contributed by atoms with Crippen molar-refractivity contribution in [3.05, 3.63) is 0 Å². The van der Waals surface area contributed by atoms with E-state index >= 15 is 0 Å². The maximum atomic E-state index is 11.8. The Kier molecular flexibility index (Phi) is 6.95. The molecule has 1 fully saturated rings. The molecule has 0 aliphatic heterocycles. The van der Waals surface area contributed by atoms with Crippen LogP contribution in [-0.4, -0.2) is 43.4 Å². The van der Waals surface area contributed by atoms with Crippen molar-refractivity contribution < 1.29 is 19.4 Å². The number of carbonyl (C=O) groups excluding carboxylic acids is 1. The van der Waals surface area contributed by atoms with E-state index in [0.717, 1.165) is 19.3 Å². The number of aliphatic carboxylic acids is 1. The van der Waals surface area contributed by atoms with Crippen LogP contribution in [0.2, 0.25) is 0 Å². The summed E-state index contributed by atoms with van der Waals surface area (Å²) in [5.74, 6) is -0.470. The Morgan fingerprint density at radius 3 is 2.33 bits per heavy atom. The molecule has 1 rings (SSSR count). The van der Waals surface area contributed by atoms with E-state index in [2.05, 4.69) is 24.5 Å². The molecule has 122 valence electrons. The van der Waals surface area contributed by atoms with Gasteiger partial charge in [-0.3, -0.25) is 0 Å². The van der Waals surface area contributed by atoms with Gasteiger partial charge in [0.15, 0.2) is 6.10 Å². The monoisotopic (exact) mass is 300 g/mol. The van der Waals surface area contributed by atoms with Gasteiger partial charge in [-0.25, -0.2) is 9.59 Å². The number of hydrogen-bond acceptors (Lipinski definition) is 3. The summed E-state index contributed by atoms with van der Waals surface area (Å²) >= 11 is 0. The first-order chi connectivity index (χ1) is 9.88. The Morgan fingerprint density at radius 1 is 1.24 bits per heavy atom. The summed E-state index contributed by atoms with van der Waals surface area (Å²) < 4.78 is 4.77. The molecular weight excluding hydrogens is 272 g/mol. The van der Waals surface area contributed by atoms with Crippen LogP contribution < -0.4 is 10.6 Å². The molecule has 0 bridgehead atoms. The highest BCUT2D eigenvalue weighted by molar-refractivity contribution is 5.76. The van der Waals surface area contributed by atoms with Gasteiger partial charge in [-0.2, -0.15) is 0 Å². The zero-order valence-electron chi connectivity index (χ0n) is 13.3. The van der Waals surface area contributed by atoms with Crippen molar-refractivity contribution in [1.82, 2.24) is 10.6 Å². The molecule has 6 heteroatoms. The summed E-state index contributed by atoms with van der Waals surface area (Å²) in [5.41, 5.74) is 0.207. The Morgan fingerprint density at radius 2 is 1.86 bits per heavy atom. The van der Waals surface area contributed by atoms with Crippen LogP contribution in [0.1, 0.15) is 46.0 Å². The van der Waals surface area contributed by atoms with Crippen LogP contribution in [0.15, 0.2) is 0 Å². The van der Waals surface area contributed by atoms with Crippen LogP contribution in [0.3, 0.4) is 0 Å². The van der Waals surface area contributed by atoms with Crippen molar-refractivity contribution in [2.75, 3.05) is 20.2 Å². The number of amides is 2. The van der Waals surface area contributed by atoms with Crippen molar-refractivity contribution in [3.63, 3.8) is 0 Å². The van der Waals surface area contributed by atoms with E-state index in [9.17, 15) is 9.59 Å². The molecule has 1 atom stereocenters. The third kappa shape index (κ3) is 5.91. The van der Waals surface area contributed by atoms with Gasteiger partial charge in [0.25, 0.3) is 0 Å². The minimum atomic E-state index is -1.08. The van der Waals surface area contributed by atoms with E-state index in [-0.39, 0.29) is 18.0 Å². The van der Waals surface area contributed by atoms with Crippen LogP contribution in [0, 0.1) is 11.3 Å². The third-order valence-electron chi connectivity index (χ3n) is 4.14. The molecule has 0 aromatic carbocycles. The van der Waals surface area contributed by atoms with Gasteiger partial charge >= 0.3 is 12.0 Å². The molecule has 1 unspecified atom stereocenters. The summed E-state index contributed by atoms with van der Waals surface area (Å²) in [6.45, 7) is 5.03. The number of carboxylic acid groups (broad SMARTS) is 1. The molecule has 0 heterocycles. The van der Waals surface area contributed by atoms with Crippen LogP contribution in [0.5, 0.6) is 0 Å². The number of carbonyl (C=O) groups is 2. The van der Waals surface area contributed by atoms with Gasteiger partial charge < -0.3 is 20.5 Å². The van der Waals surface area contributed by atoms with Gasteiger partial charge in [-0.05, 0) is 30.6 Å². The molecule has 3 N–H and O–H groups in total. The predicted octanol–water partition coefficient (Wildman–Crippen LogP) is 1.99. The lowest BCUT2D eigenvalue weighted by Gasteiger charge is -2.31. The number of ether oxygens (including phenoxy) is 1. The molecule has 1 saturated carbocycles. The fourth-order valence-corrected chi connectivity index (χ4v) is 3.23. The highest BCUT2D eigenvalue weighted by Gasteiger charge is 2.34. The van der Waals surface area contributed by atoms with E-state index in [1.165, 1.54) is 20.0 Å². The van der Waals surface area contributed by atoms with Gasteiger partial charge in [0.05, 0.1) is 6.54 Å². The molecule has 21 heavy (non-hydrogen) atoms. The normalized spacial score (nSPS) is 18.5. The van der Waals surface area contributed by atoms with E-state index in [1.807, 2.05) is 0 Å². The standard InChI is InChI=1S/C15H28N2O4/c1-11(2)8-15(6-4-5-7-15)10-17-14(20)16-9-12(21-3)13(18)19/h11-12H,4-10H2,1-3H3,(H,18,19)(H2,16,17,20). The Hall–Kier alpha value is -1.30. The number of hydrogen-bond donors (Lipinski definition) is 3. The second-order valence-electron chi connectivity index (χ2n) is 6.43. The zero-order chi connectivity index (χ0) is 15.9. The maximum Gasteiger partial charge on any atom is 0.334 e. The molecular formula is C15H28N2O4. The first kappa shape index (κ1) is 17.8. The molecule has 0 radical (unpaired) electrons. The van der Waals surface area contributed by atoms with Crippen LogP contribution in [0.4, 0.5) is 4.79 Å². The molecule has 1 aliphatic rings. The van der Waals surface area contributed by atoms with Crippen molar-refractivity contribution in [3.8, 4) is 0 Å². The third-order valence-corrected chi connectivity index (χ3v) is 4.14. The highest BCUT2D eigenvalue weighted by atomic mass is 16.5. The van der Waals surface area contributed by atoms with E-state index in [1.54, 1.807) is 0 Å². The van der Waals surface area contributed by atoms with Crippen molar-refractivity contribution >= 4 is 12.0 Å². The summed E-state index contributed by atoms with van der Waals surface area (Å²) in [6, 6.07) is -0.326. The zero-order valence-corrected chi connectivity index (χ0v) is 13.3. The maximum absolute atomic E-state index is 11.8. The summed E-state index contributed by atoms with van der Waals surface area (Å²) in [7, 11) is 1.31. The van der Waals surface area contributed by atoms with Gasteiger partial charge in [0.2, 0.25) is 0 Å². The second-order valence-corrected chi connectivity index (χ2v) is 6.43. The lowest BCUT2D eigenvalue weighted by Crippen LogP contribution is -2.46. The Labute approximate surface area is 126 Å². The molecule has 2 amide bonds. The van der Waals surface area contributed by atoms with Gasteiger partial charge in [-0.1, -0.05) is 26.7 Å². The first-order valence-corrected chi connectivity index (χ1v) is 7.66. The number of rotatable bonds is 8. The average Bonchev–Trinajstić information content (AvgIpc) is 2.85. The molecule has 0 saturated heterocycles. The summed E-state index contributed by atoms with van der Waals surface area (Å²) in [5, 5.41) is 14.3. The predicted molar refractivity (Wildman–Crippen MR) is 80.2 cm³/mol. The molecule has 0 spiro atoms.